The number of nitrogens with one attached hydrogen (secondary N) is 6. The fraction of sp³-hybridized carbons (Fsp3) is 0.418. The number of carbonyl (C=O) groups excluding carboxylic acids is 8. The zero-order chi connectivity index (χ0) is 57.1. The second-order valence-corrected chi connectivity index (χ2v) is 21.0. The number of amides is 8. The maximum absolute atomic E-state index is 12.0. The topological polar surface area (TPSA) is 240 Å². The lowest BCUT2D eigenvalue weighted by Crippen LogP contribution is -2.49. The summed E-state index contributed by atoms with van der Waals surface area (Å²) in [5.41, 5.74) is 5.51. The maximum Gasteiger partial charge on any atom is 0.313 e. The van der Waals surface area contributed by atoms with Crippen LogP contribution in [0.5, 0.6) is 0 Å². The first-order chi connectivity index (χ1) is 37.1. The van der Waals surface area contributed by atoms with Gasteiger partial charge in [-0.25, -0.2) is 0 Å². The summed E-state index contributed by atoms with van der Waals surface area (Å²) >= 11 is 32.1. The molecule has 0 unspecified atom stereocenters. The van der Waals surface area contributed by atoms with E-state index in [0.29, 0.717) is 140 Å². The number of ether oxygens (including phenoxy) is 2. The maximum atomic E-state index is 12.0. The van der Waals surface area contributed by atoms with Crippen LogP contribution in [0.4, 0.5) is 22.7 Å². The van der Waals surface area contributed by atoms with Crippen LogP contribution < -0.4 is 31.9 Å². The van der Waals surface area contributed by atoms with Gasteiger partial charge in [-0.05, 0) is 121 Å². The number of morpholine rings is 2. The van der Waals surface area contributed by atoms with Crippen LogP contribution in [0, 0.1) is 31.3 Å². The quantitative estimate of drug-likeness (QED) is 0.0840. The van der Waals surface area contributed by atoms with Gasteiger partial charge in [0.15, 0.2) is 0 Å². The molecule has 8 amide bonds. The number of benzene rings is 4. The van der Waals surface area contributed by atoms with Crippen molar-refractivity contribution in [1.29, 1.82) is 0 Å². The predicted molar refractivity (Wildman–Crippen MR) is 331 cm³/mol. The average Bonchev–Trinajstić information content (AvgIpc) is 3.44. The lowest BCUT2D eigenvalue weighted by Gasteiger charge is -2.26. The van der Waals surface area contributed by atoms with Crippen LogP contribution in [-0.4, -0.2) is 172 Å². The average molecular weight is 1340 g/mol. The molecular weight excluding hydrogens is 1260 g/mol. The normalized spacial score (nSPS) is 14.5. The van der Waals surface area contributed by atoms with Crippen LogP contribution in [0.15, 0.2) is 60.7 Å². The highest BCUT2D eigenvalue weighted by Gasteiger charge is 2.27. The number of nitrogens with zero attached hydrogens (tertiary/aromatic N) is 4. The molecule has 0 aliphatic carbocycles. The number of hydrogen-bond donors (Lipinski definition) is 6. The Kier molecular flexibility index (Phi) is 31.5. The Hall–Kier alpha value is -5.34. The van der Waals surface area contributed by atoms with E-state index in [-0.39, 0.29) is 22.3 Å². The fourth-order valence-electron chi connectivity index (χ4n) is 7.36. The van der Waals surface area contributed by atoms with E-state index in [4.69, 9.17) is 67.5 Å². The first-order valence-corrected chi connectivity index (χ1v) is 27.5. The van der Waals surface area contributed by atoms with Gasteiger partial charge in [0.1, 0.15) is 0 Å². The molecule has 444 valence electrons. The molecule has 4 fully saturated rings. The molecule has 20 nitrogen and oxygen atoms in total. The highest BCUT2D eigenvalue weighted by Crippen LogP contribution is 2.29. The third-order valence-electron chi connectivity index (χ3n) is 12.1. The molecule has 8 rings (SSSR count). The summed E-state index contributed by atoms with van der Waals surface area (Å²) < 4.78 is 11.3. The van der Waals surface area contributed by atoms with Crippen molar-refractivity contribution in [2.45, 2.75) is 50.0 Å². The summed E-state index contributed by atoms with van der Waals surface area (Å²) in [6.45, 7) is 16.1. The Morgan fingerprint density at radius 2 is 0.679 bits per heavy atom. The molecule has 0 aromatic heterocycles. The third-order valence-corrected chi connectivity index (χ3v) is 15.3. The van der Waals surface area contributed by atoms with Crippen molar-refractivity contribution in [3.63, 3.8) is 0 Å². The van der Waals surface area contributed by atoms with Crippen molar-refractivity contribution >= 4 is 151 Å². The number of rotatable bonds is 4. The van der Waals surface area contributed by atoms with Gasteiger partial charge in [0.25, 0.3) is 0 Å². The van der Waals surface area contributed by atoms with Gasteiger partial charge in [0.05, 0.1) is 26.4 Å². The van der Waals surface area contributed by atoms with Gasteiger partial charge in [-0.15, -0.1) is 0 Å². The van der Waals surface area contributed by atoms with Crippen molar-refractivity contribution in [1.82, 2.24) is 30.2 Å². The molecule has 4 aliphatic heterocycles. The highest BCUT2D eigenvalue weighted by atomic mass is 127. The number of hydrogen-bond acceptors (Lipinski definition) is 12. The summed E-state index contributed by atoms with van der Waals surface area (Å²) in [5, 5.41) is 18.8. The zero-order valence-electron chi connectivity index (χ0n) is 43.2. The number of aryl methyl sites for hydroxylation is 2. The Bertz CT molecular complexity index is 2610. The molecule has 0 radical (unpaired) electrons. The van der Waals surface area contributed by atoms with E-state index in [2.05, 4.69) is 54.5 Å². The predicted octanol–water partition coefficient (Wildman–Crippen LogP) is 8.10. The Morgan fingerprint density at radius 3 is 0.988 bits per heavy atom. The lowest BCUT2D eigenvalue weighted by atomic mass is 10.2. The van der Waals surface area contributed by atoms with E-state index in [1.54, 1.807) is 67.3 Å². The zero-order valence-corrected chi connectivity index (χ0v) is 49.2. The van der Waals surface area contributed by atoms with E-state index in [0.717, 1.165) is 38.9 Å². The van der Waals surface area contributed by atoms with Gasteiger partial charge >= 0.3 is 47.3 Å². The smallest absolute Gasteiger partial charge is 0.313 e. The van der Waals surface area contributed by atoms with E-state index in [9.17, 15) is 38.4 Å². The van der Waals surface area contributed by atoms with Gasteiger partial charge in [-0.1, -0.05) is 92.4 Å². The summed E-state index contributed by atoms with van der Waals surface area (Å²) in [5.74, 6) is -4.73. The summed E-state index contributed by atoms with van der Waals surface area (Å²) in [6, 6.07) is 17.0. The van der Waals surface area contributed by atoms with E-state index in [1.165, 1.54) is 14.7 Å². The number of carbonyl (C=O) groups is 8. The molecule has 26 heteroatoms. The van der Waals surface area contributed by atoms with Crippen molar-refractivity contribution in [3.05, 3.63) is 112 Å². The molecule has 4 aliphatic rings. The van der Waals surface area contributed by atoms with E-state index in [1.807, 2.05) is 26.0 Å². The Labute approximate surface area is 513 Å². The van der Waals surface area contributed by atoms with Crippen LogP contribution in [0.2, 0.25) is 25.1 Å². The summed E-state index contributed by atoms with van der Waals surface area (Å²) in [6.07, 6.45) is 0. The third kappa shape index (κ3) is 22.4. The van der Waals surface area contributed by atoms with Gasteiger partial charge in [0, 0.05) is 130 Å². The van der Waals surface area contributed by atoms with Gasteiger partial charge < -0.3 is 61.0 Å². The van der Waals surface area contributed by atoms with Crippen molar-refractivity contribution in [3.8, 4) is 0 Å². The van der Waals surface area contributed by atoms with Crippen LogP contribution in [0.1, 0.15) is 44.5 Å². The fourth-order valence-corrected chi connectivity index (χ4v) is 9.03. The van der Waals surface area contributed by atoms with Gasteiger partial charge in [0.2, 0.25) is 0 Å². The first kappa shape index (κ1) is 71.8. The number of anilines is 4. The molecule has 4 saturated heterocycles. The molecule has 81 heavy (non-hydrogen) atoms. The van der Waals surface area contributed by atoms with Crippen LogP contribution in [0.3, 0.4) is 0 Å². The summed E-state index contributed by atoms with van der Waals surface area (Å²) in [7, 11) is 0. The van der Waals surface area contributed by atoms with Crippen LogP contribution >= 0.6 is 80.6 Å². The highest BCUT2D eigenvalue weighted by molar-refractivity contribution is 14.1. The van der Waals surface area contributed by atoms with E-state index >= 15 is 0 Å². The lowest BCUT2D eigenvalue weighted by molar-refractivity contribution is -0.145. The van der Waals surface area contributed by atoms with Crippen molar-refractivity contribution in [2.24, 2.45) is 0 Å². The standard InChI is InChI=1S/C13H15Cl2N3O2.C13H14Cl2N2O3.C13H15ClN2O3.C13H16IN3O2.3CH4/c1-8-10(14)6-9(7-11(8)15)17-12(19)13(20)18-4-2-16-3-5-18;1-8-10(14)6-9(7-11(8)15)16-12(18)13(19)17-2-4-20-5-3-17;1-9-2-3-10(8-11(9)14)15-12(17)13(18)16-4-6-19-7-5-16;1-9-2-3-10(8-11(9)14)16-12(18)13(19)17-6-4-15-5-7-17;;;/h6-7,16H,2-5H2,1H3,(H,17,19);6-7H,2-5H2,1H3,(H,16,18);2-3,8H,4-7H2,1H3,(H,15,17);2-3,8,15H,4-7H2,1H3,(H,16,18);3*1H4. The minimum absolute atomic E-state index is 0. The SMILES string of the molecule is C.C.C.Cc1c(Cl)cc(NC(=O)C(=O)N2CCNCC2)cc1Cl.Cc1c(Cl)cc(NC(=O)C(=O)N2CCOCC2)cc1Cl.Cc1ccc(NC(=O)C(=O)N2CCNCC2)cc1I.Cc1ccc(NC(=O)C(=O)N2CCOCC2)cc1Cl. The molecule has 0 atom stereocenters. The molecular formula is C55H72Cl5IN10O10. The second-order valence-electron chi connectivity index (χ2n) is 17.8. The number of piperazine rings is 2. The van der Waals surface area contributed by atoms with Crippen LogP contribution in [-0.2, 0) is 47.8 Å². The largest absolute Gasteiger partial charge is 0.378 e. The Morgan fingerprint density at radius 1 is 0.407 bits per heavy atom. The Balaban J connectivity index is 0.000000365. The van der Waals surface area contributed by atoms with Crippen molar-refractivity contribution < 1.29 is 47.8 Å². The first-order valence-electron chi connectivity index (χ1n) is 24.5. The second kappa shape index (κ2) is 35.6. The molecule has 0 spiro atoms. The van der Waals surface area contributed by atoms with Gasteiger partial charge in [-0.2, -0.15) is 0 Å². The minimum atomic E-state index is -0.706. The molecule has 0 saturated carbocycles. The minimum Gasteiger partial charge on any atom is -0.378 e. The van der Waals surface area contributed by atoms with Crippen molar-refractivity contribution in [2.75, 3.05) is 126 Å². The molecule has 4 heterocycles. The van der Waals surface area contributed by atoms with Gasteiger partial charge in [-0.3, -0.25) is 38.4 Å². The van der Waals surface area contributed by atoms with E-state index < -0.39 is 47.3 Å². The van der Waals surface area contributed by atoms with Crippen LogP contribution in [0.25, 0.3) is 0 Å². The molecule has 4 aromatic rings. The summed E-state index contributed by atoms with van der Waals surface area (Å²) in [4.78, 5) is 101. The monoisotopic (exact) mass is 1330 g/mol. The molecule has 0 bridgehead atoms. The number of halogens is 6. The molecule has 6 N–H and O–H groups in total. The molecule has 4 aromatic carbocycles.